The van der Waals surface area contributed by atoms with E-state index in [0.29, 0.717) is 5.92 Å². The molecule has 0 N–H and O–H groups in total. The summed E-state index contributed by atoms with van der Waals surface area (Å²) < 4.78 is 5.59. The number of ether oxygens (including phenoxy) is 1. The summed E-state index contributed by atoms with van der Waals surface area (Å²) in [7, 11) is 1.76. The lowest BCUT2D eigenvalue weighted by molar-refractivity contribution is -0.153. The van der Waals surface area contributed by atoms with Crippen molar-refractivity contribution in [3.8, 4) is 0 Å². The van der Waals surface area contributed by atoms with E-state index in [1.54, 1.807) is 8.93 Å². The molecule has 0 saturated carbocycles. The molecule has 102 valence electrons. The van der Waals surface area contributed by atoms with Gasteiger partial charge in [-0.25, -0.2) is 0 Å². The largest absolute Gasteiger partial charge is 0.462 e. The van der Waals surface area contributed by atoms with E-state index in [-0.39, 0.29) is 22.7 Å². The molecule has 2 atom stereocenters. The second-order valence-corrected chi connectivity index (χ2v) is 8.40. The fourth-order valence-electron chi connectivity index (χ4n) is 1.88. The van der Waals surface area contributed by atoms with Gasteiger partial charge in [-0.05, 0) is 60.7 Å². The van der Waals surface area contributed by atoms with Gasteiger partial charge in [-0.2, -0.15) is 0 Å². The molecule has 4 heteroatoms. The van der Waals surface area contributed by atoms with Crippen LogP contribution in [0.5, 0.6) is 0 Å². The van der Waals surface area contributed by atoms with Crippen LogP contribution >= 0.6 is 30.1 Å². The summed E-state index contributed by atoms with van der Waals surface area (Å²) in [6.07, 6.45) is 1.82. The van der Waals surface area contributed by atoms with Gasteiger partial charge < -0.3 is 4.74 Å². The summed E-state index contributed by atoms with van der Waals surface area (Å²) in [5.41, 5.74) is 0. The van der Waals surface area contributed by atoms with Gasteiger partial charge in [0, 0.05) is 4.75 Å². The Kier molecular flexibility index (Phi) is 8.12. The Morgan fingerprint density at radius 3 is 2.24 bits per heavy atom. The Morgan fingerprint density at radius 1 is 1.29 bits per heavy atom. The van der Waals surface area contributed by atoms with Crippen LogP contribution in [0.15, 0.2) is 0 Å². The molecule has 0 rings (SSSR count). The highest BCUT2D eigenvalue weighted by Gasteiger charge is 2.26. The predicted molar refractivity (Wildman–Crippen MR) is 84.5 cm³/mol. The number of rotatable bonds is 7. The number of carbonyl (C=O) groups excluding carboxylic acids is 1. The molecular weight excluding hydrogens is 347 g/mol. The quantitative estimate of drug-likeness (QED) is 0.472. The zero-order valence-electron chi connectivity index (χ0n) is 11.7. The van der Waals surface area contributed by atoms with E-state index in [9.17, 15) is 4.79 Å². The number of esters is 1. The Labute approximate surface area is 122 Å². The lowest BCUT2D eigenvalue weighted by atomic mass is 9.98. The highest BCUT2D eigenvalue weighted by Crippen LogP contribution is 2.36. The third-order valence-electron chi connectivity index (χ3n) is 2.53. The zero-order chi connectivity index (χ0) is 13.6. The SMILES string of the molecule is CC(C)CC(C)OC(=O)C(C)CC(C)(C)SI. The van der Waals surface area contributed by atoms with E-state index in [1.165, 1.54) is 0 Å². The van der Waals surface area contributed by atoms with Gasteiger partial charge in [-0.3, -0.25) is 4.79 Å². The molecule has 17 heavy (non-hydrogen) atoms. The van der Waals surface area contributed by atoms with Crippen molar-refractivity contribution < 1.29 is 9.53 Å². The van der Waals surface area contributed by atoms with Crippen LogP contribution in [0.3, 0.4) is 0 Å². The Hall–Kier alpha value is 0.550. The average molecular weight is 372 g/mol. The van der Waals surface area contributed by atoms with Crippen LogP contribution in [0.1, 0.15) is 54.4 Å². The van der Waals surface area contributed by atoms with Crippen LogP contribution < -0.4 is 0 Å². The van der Waals surface area contributed by atoms with E-state index in [4.69, 9.17) is 4.74 Å². The Bertz CT molecular complexity index is 242. The van der Waals surface area contributed by atoms with Gasteiger partial charge >= 0.3 is 5.97 Å². The maximum absolute atomic E-state index is 11.9. The fourth-order valence-corrected chi connectivity index (χ4v) is 2.73. The van der Waals surface area contributed by atoms with Gasteiger partial charge in [0.25, 0.3) is 0 Å². The number of hydrogen-bond acceptors (Lipinski definition) is 3. The van der Waals surface area contributed by atoms with Gasteiger partial charge in [0.2, 0.25) is 0 Å². The predicted octanol–water partition coefficient (Wildman–Crippen LogP) is 4.85. The lowest BCUT2D eigenvalue weighted by Gasteiger charge is -2.25. The Balaban J connectivity index is 4.14. The summed E-state index contributed by atoms with van der Waals surface area (Å²) in [6, 6.07) is 0. The smallest absolute Gasteiger partial charge is 0.308 e. The molecule has 0 aliphatic rings. The molecule has 0 heterocycles. The highest BCUT2D eigenvalue weighted by atomic mass is 127. The third-order valence-corrected chi connectivity index (χ3v) is 6.69. The fraction of sp³-hybridized carbons (Fsp3) is 0.923. The number of hydrogen-bond donors (Lipinski definition) is 0. The van der Waals surface area contributed by atoms with Gasteiger partial charge in [0.15, 0.2) is 0 Å². The van der Waals surface area contributed by atoms with E-state index in [1.807, 2.05) is 13.8 Å². The van der Waals surface area contributed by atoms with Crippen LogP contribution in [0.2, 0.25) is 0 Å². The molecule has 2 unspecified atom stereocenters. The first kappa shape index (κ1) is 17.6. The maximum atomic E-state index is 11.9. The van der Waals surface area contributed by atoms with Gasteiger partial charge in [-0.1, -0.05) is 29.7 Å². The molecule has 0 fully saturated rings. The van der Waals surface area contributed by atoms with E-state index < -0.39 is 0 Å². The molecule has 0 spiro atoms. The minimum Gasteiger partial charge on any atom is -0.462 e. The van der Waals surface area contributed by atoms with Gasteiger partial charge in [0.1, 0.15) is 0 Å². The molecule has 0 amide bonds. The van der Waals surface area contributed by atoms with Crippen molar-refractivity contribution in [1.82, 2.24) is 0 Å². The molecule has 2 nitrogen and oxygen atoms in total. The third kappa shape index (κ3) is 8.30. The van der Waals surface area contributed by atoms with Crippen molar-refractivity contribution in [3.05, 3.63) is 0 Å². The van der Waals surface area contributed by atoms with Crippen LogP contribution in [-0.2, 0) is 9.53 Å². The van der Waals surface area contributed by atoms with E-state index in [0.717, 1.165) is 12.8 Å². The Morgan fingerprint density at radius 2 is 1.82 bits per heavy atom. The van der Waals surface area contributed by atoms with Crippen molar-refractivity contribution in [2.45, 2.75) is 65.2 Å². The first-order chi connectivity index (χ1) is 7.68. The number of halogens is 1. The van der Waals surface area contributed by atoms with Gasteiger partial charge in [0.05, 0.1) is 12.0 Å². The summed E-state index contributed by atoms with van der Waals surface area (Å²) in [5, 5.41) is 0. The molecular formula is C13H25IO2S. The van der Waals surface area contributed by atoms with Crippen molar-refractivity contribution in [3.63, 3.8) is 0 Å². The lowest BCUT2D eigenvalue weighted by Crippen LogP contribution is -2.27. The van der Waals surface area contributed by atoms with Crippen molar-refractivity contribution in [1.29, 1.82) is 0 Å². The molecule has 0 aliphatic carbocycles. The highest BCUT2D eigenvalue weighted by molar-refractivity contribution is 14.2. The van der Waals surface area contributed by atoms with Crippen LogP contribution in [0.4, 0.5) is 0 Å². The summed E-state index contributed by atoms with van der Waals surface area (Å²) in [5.74, 6) is 0.480. The molecule has 0 bridgehead atoms. The van der Waals surface area contributed by atoms with E-state index in [2.05, 4.69) is 48.9 Å². The summed E-state index contributed by atoms with van der Waals surface area (Å²) in [4.78, 5) is 11.9. The second-order valence-electron chi connectivity index (χ2n) is 5.82. The average Bonchev–Trinajstić information content (AvgIpc) is 2.15. The topological polar surface area (TPSA) is 26.3 Å². The van der Waals surface area contributed by atoms with Crippen LogP contribution in [0.25, 0.3) is 0 Å². The first-order valence-electron chi connectivity index (χ1n) is 6.18. The minimum atomic E-state index is -0.0586. The minimum absolute atomic E-state index is 0.0260. The molecule has 0 aromatic carbocycles. The molecule has 0 aromatic heterocycles. The van der Waals surface area contributed by atoms with Gasteiger partial charge in [-0.15, -0.1) is 0 Å². The monoisotopic (exact) mass is 372 g/mol. The normalized spacial score (nSPS) is 15.8. The summed E-state index contributed by atoms with van der Waals surface area (Å²) >= 11 is 2.29. The summed E-state index contributed by atoms with van der Waals surface area (Å²) in [6.45, 7) is 12.5. The molecule has 0 aromatic rings. The van der Waals surface area contributed by atoms with Crippen molar-refractivity contribution in [2.75, 3.05) is 0 Å². The van der Waals surface area contributed by atoms with Crippen LogP contribution in [0, 0.1) is 11.8 Å². The molecule has 0 radical (unpaired) electrons. The molecule has 0 aliphatic heterocycles. The second kappa shape index (κ2) is 7.87. The maximum Gasteiger partial charge on any atom is 0.308 e. The van der Waals surface area contributed by atoms with Crippen LogP contribution in [-0.4, -0.2) is 16.8 Å². The van der Waals surface area contributed by atoms with Crippen molar-refractivity contribution >= 4 is 36.1 Å². The zero-order valence-corrected chi connectivity index (χ0v) is 14.7. The first-order valence-corrected chi connectivity index (χ1v) is 9.54. The van der Waals surface area contributed by atoms with E-state index >= 15 is 0 Å². The van der Waals surface area contributed by atoms with Crippen molar-refractivity contribution in [2.24, 2.45) is 11.8 Å². The number of carbonyl (C=O) groups is 1. The standard InChI is InChI=1S/C13H25IO2S/c1-9(2)7-11(4)16-12(15)10(3)8-13(5,6)17-14/h9-11H,7-8H2,1-6H3. The molecule has 0 saturated heterocycles.